The van der Waals surface area contributed by atoms with Crippen molar-refractivity contribution in [3.8, 4) is 5.75 Å². The highest BCUT2D eigenvalue weighted by atomic mass is 35.5. The third kappa shape index (κ3) is 3.79. The lowest BCUT2D eigenvalue weighted by molar-refractivity contribution is -0.134. The van der Waals surface area contributed by atoms with Crippen LogP contribution in [-0.4, -0.2) is 16.9 Å². The van der Waals surface area contributed by atoms with E-state index in [1.807, 2.05) is 0 Å². The van der Waals surface area contributed by atoms with Crippen molar-refractivity contribution in [3.63, 3.8) is 0 Å². The first-order valence-corrected chi connectivity index (χ1v) is 6.71. The Balaban J connectivity index is 2.23. The van der Waals surface area contributed by atoms with Gasteiger partial charge in [0.15, 0.2) is 5.82 Å². The standard InChI is InChI=1S/C15H13ClN2O3/c1-2-13(19)21-12-8-4-3-6-10(12)15(20)18-14-11(16)7-5-9-17-14/h3-9H,2H2,1H3,(H,17,18,20). The van der Waals surface area contributed by atoms with E-state index in [1.54, 1.807) is 43.3 Å². The van der Waals surface area contributed by atoms with E-state index in [-0.39, 0.29) is 23.6 Å². The average Bonchev–Trinajstić information content (AvgIpc) is 2.50. The predicted octanol–water partition coefficient (Wildman–Crippen LogP) is 3.30. The van der Waals surface area contributed by atoms with Gasteiger partial charge in [0.05, 0.1) is 10.6 Å². The van der Waals surface area contributed by atoms with Gasteiger partial charge in [-0.2, -0.15) is 0 Å². The number of rotatable bonds is 4. The summed E-state index contributed by atoms with van der Waals surface area (Å²) >= 11 is 5.94. The molecule has 1 N–H and O–H groups in total. The summed E-state index contributed by atoms with van der Waals surface area (Å²) in [4.78, 5) is 27.6. The van der Waals surface area contributed by atoms with E-state index in [1.165, 1.54) is 6.20 Å². The number of nitrogens with zero attached hydrogens (tertiary/aromatic N) is 1. The van der Waals surface area contributed by atoms with Gasteiger partial charge in [-0.1, -0.05) is 30.7 Å². The highest BCUT2D eigenvalue weighted by molar-refractivity contribution is 6.33. The third-order valence-corrected chi connectivity index (χ3v) is 2.94. The fraction of sp³-hybridized carbons (Fsp3) is 0.133. The van der Waals surface area contributed by atoms with Crippen LogP contribution in [0.25, 0.3) is 0 Å². The Kier molecular flexibility index (Phi) is 4.90. The number of benzene rings is 1. The highest BCUT2D eigenvalue weighted by Crippen LogP contribution is 2.22. The summed E-state index contributed by atoms with van der Waals surface area (Å²) in [5, 5.41) is 2.91. The first-order chi connectivity index (χ1) is 10.1. The summed E-state index contributed by atoms with van der Waals surface area (Å²) in [6.45, 7) is 1.68. The van der Waals surface area contributed by atoms with Crippen molar-refractivity contribution in [2.45, 2.75) is 13.3 Å². The SMILES string of the molecule is CCC(=O)Oc1ccccc1C(=O)Nc1ncccc1Cl. The molecule has 108 valence electrons. The molecule has 0 bridgehead atoms. The first-order valence-electron chi connectivity index (χ1n) is 6.33. The molecular weight excluding hydrogens is 292 g/mol. The topological polar surface area (TPSA) is 68.3 Å². The number of amides is 1. The number of pyridine rings is 1. The molecule has 0 atom stereocenters. The maximum absolute atomic E-state index is 12.3. The van der Waals surface area contributed by atoms with Crippen LogP contribution in [-0.2, 0) is 4.79 Å². The molecule has 0 fully saturated rings. The van der Waals surface area contributed by atoms with Crippen LogP contribution in [0.5, 0.6) is 5.75 Å². The summed E-state index contributed by atoms with van der Waals surface area (Å²) in [5.41, 5.74) is 0.237. The number of hydrogen-bond donors (Lipinski definition) is 1. The smallest absolute Gasteiger partial charge is 0.310 e. The Labute approximate surface area is 126 Å². The first kappa shape index (κ1) is 15.0. The summed E-state index contributed by atoms with van der Waals surface area (Å²) in [6, 6.07) is 9.76. The second kappa shape index (κ2) is 6.85. The van der Waals surface area contributed by atoms with Crippen molar-refractivity contribution in [1.82, 2.24) is 4.98 Å². The number of carbonyl (C=O) groups is 2. The molecule has 0 aliphatic carbocycles. The summed E-state index contributed by atoms with van der Waals surface area (Å²) in [5.74, 6) is -0.407. The van der Waals surface area contributed by atoms with E-state index in [0.717, 1.165) is 0 Å². The molecule has 0 aliphatic heterocycles. The van der Waals surface area contributed by atoms with E-state index in [4.69, 9.17) is 16.3 Å². The molecule has 21 heavy (non-hydrogen) atoms. The van der Waals surface area contributed by atoms with Gasteiger partial charge in [0.25, 0.3) is 5.91 Å². The zero-order valence-corrected chi connectivity index (χ0v) is 12.1. The zero-order chi connectivity index (χ0) is 15.2. The lowest BCUT2D eigenvalue weighted by Gasteiger charge is -2.10. The highest BCUT2D eigenvalue weighted by Gasteiger charge is 2.15. The van der Waals surface area contributed by atoms with Gasteiger partial charge >= 0.3 is 5.97 Å². The van der Waals surface area contributed by atoms with Gasteiger partial charge in [0.2, 0.25) is 0 Å². The molecule has 1 heterocycles. The minimum atomic E-state index is -0.449. The van der Waals surface area contributed by atoms with Crippen molar-refractivity contribution < 1.29 is 14.3 Å². The number of aromatic nitrogens is 1. The van der Waals surface area contributed by atoms with Crippen LogP contribution in [0.4, 0.5) is 5.82 Å². The summed E-state index contributed by atoms with van der Waals surface area (Å²) in [7, 11) is 0. The Hall–Kier alpha value is -2.40. The van der Waals surface area contributed by atoms with Crippen molar-refractivity contribution in [2.75, 3.05) is 5.32 Å². The number of hydrogen-bond acceptors (Lipinski definition) is 4. The second-order valence-electron chi connectivity index (χ2n) is 4.11. The molecule has 0 saturated heterocycles. The molecule has 2 rings (SSSR count). The van der Waals surface area contributed by atoms with Gasteiger partial charge in [-0.15, -0.1) is 0 Å². The number of ether oxygens (including phenoxy) is 1. The molecule has 0 spiro atoms. The number of carbonyl (C=O) groups excluding carboxylic acids is 2. The third-order valence-electron chi connectivity index (χ3n) is 2.63. The number of halogens is 1. The Bertz CT molecular complexity index is 673. The Morgan fingerprint density at radius 3 is 2.71 bits per heavy atom. The fourth-order valence-corrected chi connectivity index (χ4v) is 1.76. The van der Waals surface area contributed by atoms with Crippen LogP contribution >= 0.6 is 11.6 Å². The van der Waals surface area contributed by atoms with Crippen LogP contribution in [0.15, 0.2) is 42.6 Å². The minimum Gasteiger partial charge on any atom is -0.426 e. The lowest BCUT2D eigenvalue weighted by Crippen LogP contribution is -2.16. The molecular formula is C15H13ClN2O3. The van der Waals surface area contributed by atoms with Gasteiger partial charge in [0, 0.05) is 12.6 Å². The molecule has 1 aromatic carbocycles. The van der Waals surface area contributed by atoms with Crippen LogP contribution < -0.4 is 10.1 Å². The molecule has 1 aromatic heterocycles. The monoisotopic (exact) mass is 304 g/mol. The van der Waals surface area contributed by atoms with E-state index in [9.17, 15) is 9.59 Å². The van der Waals surface area contributed by atoms with Crippen LogP contribution in [0.2, 0.25) is 5.02 Å². The van der Waals surface area contributed by atoms with E-state index < -0.39 is 11.9 Å². The van der Waals surface area contributed by atoms with E-state index in [0.29, 0.717) is 5.02 Å². The minimum absolute atomic E-state index is 0.203. The lowest BCUT2D eigenvalue weighted by atomic mass is 10.2. The Morgan fingerprint density at radius 1 is 1.24 bits per heavy atom. The van der Waals surface area contributed by atoms with Crippen molar-refractivity contribution >= 4 is 29.3 Å². The number of anilines is 1. The van der Waals surface area contributed by atoms with Crippen LogP contribution in [0.1, 0.15) is 23.7 Å². The fourth-order valence-electron chi connectivity index (χ4n) is 1.59. The zero-order valence-electron chi connectivity index (χ0n) is 11.3. The molecule has 0 radical (unpaired) electrons. The van der Waals surface area contributed by atoms with Crippen molar-refractivity contribution in [3.05, 3.63) is 53.2 Å². The molecule has 2 aromatic rings. The van der Waals surface area contributed by atoms with Gasteiger partial charge in [-0.05, 0) is 24.3 Å². The molecule has 6 heteroatoms. The quantitative estimate of drug-likeness (QED) is 0.695. The molecule has 0 saturated carbocycles. The van der Waals surface area contributed by atoms with Crippen LogP contribution in [0, 0.1) is 0 Å². The number of esters is 1. The van der Waals surface area contributed by atoms with Gasteiger partial charge in [-0.3, -0.25) is 9.59 Å². The number of nitrogens with one attached hydrogen (secondary N) is 1. The normalized spacial score (nSPS) is 10.0. The predicted molar refractivity (Wildman–Crippen MR) is 79.6 cm³/mol. The van der Waals surface area contributed by atoms with Crippen LogP contribution in [0.3, 0.4) is 0 Å². The largest absolute Gasteiger partial charge is 0.426 e. The van der Waals surface area contributed by atoms with Gasteiger partial charge in [-0.25, -0.2) is 4.98 Å². The average molecular weight is 305 g/mol. The number of para-hydroxylation sites is 1. The Morgan fingerprint density at radius 2 is 2.00 bits per heavy atom. The van der Waals surface area contributed by atoms with E-state index >= 15 is 0 Å². The van der Waals surface area contributed by atoms with E-state index in [2.05, 4.69) is 10.3 Å². The molecule has 1 amide bonds. The van der Waals surface area contributed by atoms with Crippen molar-refractivity contribution in [1.29, 1.82) is 0 Å². The summed E-state index contributed by atoms with van der Waals surface area (Å²) < 4.78 is 5.13. The summed E-state index contributed by atoms with van der Waals surface area (Å²) in [6.07, 6.45) is 1.74. The maximum Gasteiger partial charge on any atom is 0.310 e. The molecule has 0 aliphatic rings. The molecule has 5 nitrogen and oxygen atoms in total. The second-order valence-corrected chi connectivity index (χ2v) is 4.52. The van der Waals surface area contributed by atoms with Gasteiger partial charge < -0.3 is 10.1 Å². The molecule has 0 unspecified atom stereocenters. The van der Waals surface area contributed by atoms with Crippen molar-refractivity contribution in [2.24, 2.45) is 0 Å². The maximum atomic E-state index is 12.3. The van der Waals surface area contributed by atoms with Gasteiger partial charge in [0.1, 0.15) is 5.75 Å².